The van der Waals surface area contributed by atoms with Crippen molar-refractivity contribution in [1.29, 1.82) is 0 Å². The van der Waals surface area contributed by atoms with Gasteiger partial charge in [-0.25, -0.2) is 0 Å². The van der Waals surface area contributed by atoms with Gasteiger partial charge in [-0.1, -0.05) is 53.4 Å². The summed E-state index contributed by atoms with van der Waals surface area (Å²) in [6.45, 7) is 14.1. The molecule has 0 bridgehead atoms. The van der Waals surface area contributed by atoms with Crippen LogP contribution in [-0.4, -0.2) is 27.5 Å². The minimum Gasteiger partial charge on any atom is -0.469 e. The number of unbranched alkanes of at least 4 members (excludes halogenated alkanes) is 3. The van der Waals surface area contributed by atoms with Gasteiger partial charge in [-0.05, 0) is 49.2 Å². The van der Waals surface area contributed by atoms with Crippen LogP contribution in [0.2, 0.25) is 18.1 Å². The molecule has 3 atom stereocenters. The summed E-state index contributed by atoms with van der Waals surface area (Å²) < 4.78 is 11.4. The number of hydrogen-bond acceptors (Lipinski definition) is 3. The molecule has 0 aromatic carbocycles. The molecule has 3 nitrogen and oxygen atoms in total. The molecule has 142 valence electrons. The first-order chi connectivity index (χ1) is 11.1. The minimum absolute atomic E-state index is 0.0787. The Balaban J connectivity index is 2.27. The second-order valence-corrected chi connectivity index (χ2v) is 13.9. The first-order valence-electron chi connectivity index (χ1n) is 9.83. The lowest BCUT2D eigenvalue weighted by atomic mass is 9.91. The number of rotatable bonds is 9. The fourth-order valence-electron chi connectivity index (χ4n) is 3.47. The maximum Gasteiger partial charge on any atom is 0.305 e. The zero-order valence-electron chi connectivity index (χ0n) is 17.1. The Morgan fingerprint density at radius 2 is 1.71 bits per heavy atom. The van der Waals surface area contributed by atoms with E-state index in [9.17, 15) is 4.79 Å². The summed E-state index contributed by atoms with van der Waals surface area (Å²) in [5.74, 6) is 1.43. The zero-order chi connectivity index (χ0) is 18.4. The highest BCUT2D eigenvalue weighted by molar-refractivity contribution is 6.74. The standard InChI is InChI=1S/C20H40O3Si/c1-16-17(12-10-8-9-11-13-19(21)22-5)14-15-18(16)23-24(6,7)20(2,3)4/h16-18H,8-15H2,1-7H3/t16-,17?,18?/m1/s1. The lowest BCUT2D eigenvalue weighted by molar-refractivity contribution is -0.140. The highest BCUT2D eigenvalue weighted by Gasteiger charge is 2.42. The van der Waals surface area contributed by atoms with Crippen molar-refractivity contribution in [3.8, 4) is 0 Å². The molecule has 0 radical (unpaired) electrons. The van der Waals surface area contributed by atoms with Crippen LogP contribution < -0.4 is 0 Å². The first-order valence-corrected chi connectivity index (χ1v) is 12.7. The monoisotopic (exact) mass is 356 g/mol. The van der Waals surface area contributed by atoms with Gasteiger partial charge in [0.15, 0.2) is 8.32 Å². The van der Waals surface area contributed by atoms with Crippen LogP contribution in [0.15, 0.2) is 0 Å². The number of methoxy groups -OCH3 is 1. The maximum atomic E-state index is 11.1. The molecular weight excluding hydrogens is 316 g/mol. The molecule has 1 rings (SSSR count). The number of esters is 1. The van der Waals surface area contributed by atoms with Gasteiger partial charge in [0.05, 0.1) is 7.11 Å². The predicted molar refractivity (Wildman–Crippen MR) is 104 cm³/mol. The largest absolute Gasteiger partial charge is 0.469 e. The summed E-state index contributed by atoms with van der Waals surface area (Å²) in [5.41, 5.74) is 0. The van der Waals surface area contributed by atoms with E-state index in [1.165, 1.54) is 39.2 Å². The summed E-state index contributed by atoms with van der Waals surface area (Å²) in [6.07, 6.45) is 9.52. The molecule has 2 unspecified atom stereocenters. The molecule has 1 aliphatic rings. The van der Waals surface area contributed by atoms with Crippen LogP contribution in [0.25, 0.3) is 0 Å². The van der Waals surface area contributed by atoms with Gasteiger partial charge in [-0.3, -0.25) is 4.79 Å². The van der Waals surface area contributed by atoms with E-state index in [0.717, 1.165) is 18.8 Å². The van der Waals surface area contributed by atoms with Crippen LogP contribution in [0, 0.1) is 11.8 Å². The normalized spacial score (nSPS) is 25.0. The first kappa shape index (κ1) is 21.7. The van der Waals surface area contributed by atoms with Crippen LogP contribution >= 0.6 is 0 Å². The molecule has 0 spiro atoms. The minimum atomic E-state index is -1.65. The van der Waals surface area contributed by atoms with Crippen molar-refractivity contribution in [3.05, 3.63) is 0 Å². The highest BCUT2D eigenvalue weighted by atomic mass is 28.4. The summed E-state index contributed by atoms with van der Waals surface area (Å²) in [5, 5.41) is 0.296. The molecular formula is C20H40O3Si. The van der Waals surface area contributed by atoms with Gasteiger partial charge in [0, 0.05) is 12.5 Å². The molecule has 1 fully saturated rings. The van der Waals surface area contributed by atoms with E-state index in [-0.39, 0.29) is 5.97 Å². The van der Waals surface area contributed by atoms with Crippen molar-refractivity contribution in [3.63, 3.8) is 0 Å². The lowest BCUT2D eigenvalue weighted by Gasteiger charge is -2.39. The zero-order valence-corrected chi connectivity index (χ0v) is 18.1. The Morgan fingerprint density at radius 3 is 2.29 bits per heavy atom. The van der Waals surface area contributed by atoms with E-state index >= 15 is 0 Å². The second-order valence-electron chi connectivity index (χ2n) is 9.14. The number of hydrogen-bond donors (Lipinski definition) is 0. The number of carbonyl (C=O) groups is 1. The summed E-state index contributed by atoms with van der Waals surface area (Å²) in [7, 11) is -0.184. The van der Waals surface area contributed by atoms with Crippen molar-refractivity contribution >= 4 is 14.3 Å². The molecule has 4 heteroatoms. The van der Waals surface area contributed by atoms with Gasteiger partial charge >= 0.3 is 5.97 Å². The van der Waals surface area contributed by atoms with E-state index < -0.39 is 8.32 Å². The quantitative estimate of drug-likeness (QED) is 0.291. The molecule has 0 saturated heterocycles. The Labute approximate surface area is 151 Å². The van der Waals surface area contributed by atoms with E-state index in [0.29, 0.717) is 23.5 Å². The fraction of sp³-hybridized carbons (Fsp3) is 0.950. The van der Waals surface area contributed by atoms with Gasteiger partial charge < -0.3 is 9.16 Å². The Hall–Kier alpha value is -0.353. The summed E-state index contributed by atoms with van der Waals surface area (Å²) in [4.78, 5) is 11.1. The topological polar surface area (TPSA) is 35.5 Å². The van der Waals surface area contributed by atoms with Gasteiger partial charge in [-0.15, -0.1) is 0 Å². The Kier molecular flexibility index (Phi) is 8.47. The average Bonchev–Trinajstić information content (AvgIpc) is 2.81. The predicted octanol–water partition coefficient (Wildman–Crippen LogP) is 5.94. The summed E-state index contributed by atoms with van der Waals surface area (Å²) in [6, 6.07) is 0. The van der Waals surface area contributed by atoms with Gasteiger partial charge in [-0.2, -0.15) is 0 Å². The molecule has 0 aromatic rings. The van der Waals surface area contributed by atoms with E-state index in [1.54, 1.807) is 0 Å². The molecule has 0 aromatic heterocycles. The van der Waals surface area contributed by atoms with Crippen LogP contribution in [0.3, 0.4) is 0 Å². The third-order valence-electron chi connectivity index (χ3n) is 6.34. The third-order valence-corrected chi connectivity index (χ3v) is 10.8. The SMILES string of the molecule is COC(=O)CCCCCCC1CCC(O[Si](C)(C)C(C)(C)C)[C@@H]1C. The van der Waals surface area contributed by atoms with E-state index in [2.05, 4.69) is 45.5 Å². The molecule has 0 amide bonds. The Morgan fingerprint density at radius 1 is 1.08 bits per heavy atom. The van der Waals surface area contributed by atoms with Crippen molar-refractivity contribution in [2.75, 3.05) is 7.11 Å². The molecule has 0 heterocycles. The van der Waals surface area contributed by atoms with Crippen LogP contribution in [0.5, 0.6) is 0 Å². The van der Waals surface area contributed by atoms with E-state index in [4.69, 9.17) is 4.43 Å². The molecule has 0 aliphatic heterocycles. The average molecular weight is 357 g/mol. The van der Waals surface area contributed by atoms with Crippen LogP contribution in [0.1, 0.15) is 79.1 Å². The van der Waals surface area contributed by atoms with Crippen molar-refractivity contribution < 1.29 is 14.0 Å². The molecule has 0 N–H and O–H groups in total. The Bertz CT molecular complexity index is 387. The van der Waals surface area contributed by atoms with Crippen molar-refractivity contribution in [2.24, 2.45) is 11.8 Å². The van der Waals surface area contributed by atoms with Gasteiger partial charge in [0.1, 0.15) is 0 Å². The van der Waals surface area contributed by atoms with Crippen molar-refractivity contribution in [2.45, 2.75) is 103 Å². The third kappa shape index (κ3) is 6.51. The summed E-state index contributed by atoms with van der Waals surface area (Å²) >= 11 is 0. The van der Waals surface area contributed by atoms with Gasteiger partial charge in [0.2, 0.25) is 0 Å². The highest BCUT2D eigenvalue weighted by Crippen LogP contribution is 2.43. The molecule has 1 aliphatic carbocycles. The maximum absolute atomic E-state index is 11.1. The lowest BCUT2D eigenvalue weighted by Crippen LogP contribution is -2.44. The molecule has 24 heavy (non-hydrogen) atoms. The number of carbonyl (C=O) groups excluding carboxylic acids is 1. The van der Waals surface area contributed by atoms with Crippen LogP contribution in [-0.2, 0) is 14.0 Å². The number of ether oxygens (including phenoxy) is 1. The fourth-order valence-corrected chi connectivity index (χ4v) is 4.91. The van der Waals surface area contributed by atoms with Crippen LogP contribution in [0.4, 0.5) is 0 Å². The van der Waals surface area contributed by atoms with E-state index in [1.807, 2.05) is 0 Å². The smallest absolute Gasteiger partial charge is 0.305 e. The second kappa shape index (κ2) is 9.37. The van der Waals surface area contributed by atoms with Crippen molar-refractivity contribution in [1.82, 2.24) is 0 Å². The van der Waals surface area contributed by atoms with Gasteiger partial charge in [0.25, 0.3) is 0 Å². The molecule has 1 saturated carbocycles.